The highest BCUT2D eigenvalue weighted by molar-refractivity contribution is 7.15. The summed E-state index contributed by atoms with van der Waals surface area (Å²) in [6.45, 7) is 2.59. The van der Waals surface area contributed by atoms with Crippen molar-refractivity contribution in [1.29, 1.82) is 0 Å². The first kappa shape index (κ1) is 17.5. The van der Waals surface area contributed by atoms with Crippen molar-refractivity contribution < 1.29 is 18.4 Å². The van der Waals surface area contributed by atoms with Crippen molar-refractivity contribution in [2.24, 2.45) is 0 Å². The molecule has 1 aliphatic heterocycles. The van der Waals surface area contributed by atoms with E-state index >= 15 is 0 Å². The van der Waals surface area contributed by atoms with Gasteiger partial charge in [-0.3, -0.25) is 9.59 Å². The number of piperidine rings is 1. The smallest absolute Gasteiger partial charge is 0.264 e. The van der Waals surface area contributed by atoms with Gasteiger partial charge in [0.1, 0.15) is 0 Å². The molecule has 0 bridgehead atoms. The molecule has 4 nitrogen and oxygen atoms in total. The second kappa shape index (κ2) is 7.31. The molecule has 0 saturated carbocycles. The number of nitrogens with zero attached hydrogens (tertiary/aromatic N) is 1. The van der Waals surface area contributed by atoms with Gasteiger partial charge in [0.15, 0.2) is 17.4 Å². The SMILES string of the molecule is CC(=O)c1ccc(C(=O)N2CCC[C@@H](Nc3ccc(F)c(F)c3)C2)s1. The molecule has 0 unspecified atom stereocenters. The zero-order valence-electron chi connectivity index (χ0n) is 13.7. The number of anilines is 1. The van der Waals surface area contributed by atoms with Gasteiger partial charge in [-0.05, 0) is 44.0 Å². The molecule has 3 rings (SSSR count). The number of nitrogens with one attached hydrogen (secondary N) is 1. The molecule has 1 aromatic heterocycles. The fourth-order valence-corrected chi connectivity index (χ4v) is 3.77. The van der Waals surface area contributed by atoms with E-state index in [4.69, 9.17) is 0 Å². The number of hydrogen-bond acceptors (Lipinski definition) is 4. The van der Waals surface area contributed by atoms with E-state index in [1.165, 1.54) is 24.3 Å². The van der Waals surface area contributed by atoms with Gasteiger partial charge >= 0.3 is 0 Å². The second-order valence-corrected chi connectivity index (χ2v) is 7.17. The van der Waals surface area contributed by atoms with Gasteiger partial charge in [-0.2, -0.15) is 0 Å². The third-order valence-electron chi connectivity index (χ3n) is 4.16. The molecule has 0 spiro atoms. The van der Waals surface area contributed by atoms with E-state index in [0.29, 0.717) is 28.5 Å². The van der Waals surface area contributed by atoms with Gasteiger partial charge in [0, 0.05) is 30.9 Å². The fourth-order valence-electron chi connectivity index (χ4n) is 2.90. The molecule has 1 aliphatic rings. The summed E-state index contributed by atoms with van der Waals surface area (Å²) in [4.78, 5) is 26.8. The van der Waals surface area contributed by atoms with Gasteiger partial charge in [0.05, 0.1) is 9.75 Å². The second-order valence-electron chi connectivity index (χ2n) is 6.08. The number of rotatable bonds is 4. The molecular formula is C18H18F2N2O2S. The normalized spacial score (nSPS) is 17.4. The molecule has 7 heteroatoms. The Hall–Kier alpha value is -2.28. The van der Waals surface area contributed by atoms with Crippen LogP contribution in [0.1, 0.15) is 39.1 Å². The number of hydrogen-bond donors (Lipinski definition) is 1. The minimum Gasteiger partial charge on any atom is -0.380 e. The molecule has 132 valence electrons. The summed E-state index contributed by atoms with van der Waals surface area (Å²) in [6, 6.07) is 7.00. The molecule has 1 saturated heterocycles. The van der Waals surface area contributed by atoms with E-state index < -0.39 is 11.6 Å². The predicted molar refractivity (Wildman–Crippen MR) is 93.2 cm³/mol. The molecule has 1 amide bonds. The molecule has 0 aliphatic carbocycles. The Kier molecular flexibility index (Phi) is 5.13. The van der Waals surface area contributed by atoms with Crippen LogP contribution in [0.25, 0.3) is 0 Å². The summed E-state index contributed by atoms with van der Waals surface area (Å²) in [7, 11) is 0. The third-order valence-corrected chi connectivity index (χ3v) is 5.34. The molecule has 0 radical (unpaired) electrons. The molecule has 25 heavy (non-hydrogen) atoms. The van der Waals surface area contributed by atoms with Crippen molar-refractivity contribution >= 4 is 28.7 Å². The molecular weight excluding hydrogens is 346 g/mol. The Bertz CT molecular complexity index is 806. The van der Waals surface area contributed by atoms with Crippen molar-refractivity contribution in [1.82, 2.24) is 4.90 Å². The predicted octanol–water partition coefficient (Wildman–Crippen LogP) is 3.95. The molecule has 1 N–H and O–H groups in total. The average Bonchev–Trinajstić information content (AvgIpc) is 3.08. The topological polar surface area (TPSA) is 49.4 Å². The summed E-state index contributed by atoms with van der Waals surface area (Å²) in [5.41, 5.74) is 0.494. The highest BCUT2D eigenvalue weighted by atomic mass is 32.1. The van der Waals surface area contributed by atoms with E-state index in [0.717, 1.165) is 25.0 Å². The summed E-state index contributed by atoms with van der Waals surface area (Å²) in [5.74, 6) is -1.94. The highest BCUT2D eigenvalue weighted by Gasteiger charge is 2.25. The molecule has 1 aromatic carbocycles. The van der Waals surface area contributed by atoms with Crippen LogP contribution in [0.4, 0.5) is 14.5 Å². The zero-order chi connectivity index (χ0) is 18.0. The van der Waals surface area contributed by atoms with Gasteiger partial charge in [0.25, 0.3) is 5.91 Å². The third kappa shape index (κ3) is 4.04. The first-order valence-electron chi connectivity index (χ1n) is 8.05. The lowest BCUT2D eigenvalue weighted by molar-refractivity contribution is 0.0719. The monoisotopic (exact) mass is 364 g/mol. The summed E-state index contributed by atoms with van der Waals surface area (Å²) in [5, 5.41) is 3.16. The van der Waals surface area contributed by atoms with E-state index in [1.807, 2.05) is 0 Å². The maximum Gasteiger partial charge on any atom is 0.264 e. The number of likely N-dealkylation sites (tertiary alicyclic amines) is 1. The van der Waals surface area contributed by atoms with Crippen LogP contribution in [0, 0.1) is 11.6 Å². The standard InChI is InChI=1S/C18H18F2N2O2S/c1-11(23)16-6-7-17(25-16)18(24)22-8-2-3-13(10-22)21-12-4-5-14(19)15(20)9-12/h4-7,9,13,21H,2-3,8,10H2,1H3/t13-/m1/s1. The van der Waals surface area contributed by atoms with Crippen molar-refractivity contribution in [3.8, 4) is 0 Å². The van der Waals surface area contributed by atoms with Crippen molar-refractivity contribution in [3.05, 3.63) is 51.7 Å². The van der Waals surface area contributed by atoms with Crippen LogP contribution < -0.4 is 5.32 Å². The number of Topliss-reactive ketones (excluding diaryl/α,β-unsaturated/α-hetero) is 1. The Morgan fingerprint density at radius 3 is 2.60 bits per heavy atom. The number of halogens is 2. The van der Waals surface area contributed by atoms with E-state index in [1.54, 1.807) is 17.0 Å². The lowest BCUT2D eigenvalue weighted by atomic mass is 10.0. The van der Waals surface area contributed by atoms with E-state index in [9.17, 15) is 18.4 Å². The van der Waals surface area contributed by atoms with Gasteiger partial charge in [-0.25, -0.2) is 8.78 Å². The summed E-state index contributed by atoms with van der Waals surface area (Å²) < 4.78 is 26.3. The first-order valence-corrected chi connectivity index (χ1v) is 8.87. The lowest BCUT2D eigenvalue weighted by Gasteiger charge is -2.33. The Balaban J connectivity index is 1.66. The van der Waals surface area contributed by atoms with Gasteiger partial charge in [0.2, 0.25) is 0 Å². The first-order chi connectivity index (χ1) is 11.9. The fraction of sp³-hybridized carbons (Fsp3) is 0.333. The number of ketones is 1. The summed E-state index contributed by atoms with van der Waals surface area (Å²) in [6.07, 6.45) is 1.66. The number of carbonyl (C=O) groups excluding carboxylic acids is 2. The lowest BCUT2D eigenvalue weighted by Crippen LogP contribution is -2.44. The van der Waals surface area contributed by atoms with Crippen molar-refractivity contribution in [2.45, 2.75) is 25.8 Å². The van der Waals surface area contributed by atoms with Crippen LogP contribution in [0.2, 0.25) is 0 Å². The van der Waals surface area contributed by atoms with Gasteiger partial charge < -0.3 is 10.2 Å². The van der Waals surface area contributed by atoms with Gasteiger partial charge in [-0.1, -0.05) is 0 Å². The van der Waals surface area contributed by atoms with Crippen LogP contribution in [-0.4, -0.2) is 35.7 Å². The minimum absolute atomic E-state index is 0.0326. The van der Waals surface area contributed by atoms with Crippen LogP contribution in [-0.2, 0) is 0 Å². The molecule has 2 aromatic rings. The van der Waals surface area contributed by atoms with Crippen molar-refractivity contribution in [3.63, 3.8) is 0 Å². The highest BCUT2D eigenvalue weighted by Crippen LogP contribution is 2.23. The Morgan fingerprint density at radius 1 is 1.16 bits per heavy atom. The average molecular weight is 364 g/mol. The number of carbonyl (C=O) groups is 2. The maximum absolute atomic E-state index is 13.3. The zero-order valence-corrected chi connectivity index (χ0v) is 14.5. The van der Waals surface area contributed by atoms with E-state index in [2.05, 4.69) is 5.32 Å². The number of amides is 1. The quantitative estimate of drug-likeness (QED) is 0.836. The summed E-state index contributed by atoms with van der Waals surface area (Å²) >= 11 is 1.20. The van der Waals surface area contributed by atoms with Crippen LogP contribution in [0.15, 0.2) is 30.3 Å². The molecule has 1 fully saturated rings. The van der Waals surface area contributed by atoms with E-state index in [-0.39, 0.29) is 17.7 Å². The molecule has 2 heterocycles. The van der Waals surface area contributed by atoms with Gasteiger partial charge in [-0.15, -0.1) is 11.3 Å². The van der Waals surface area contributed by atoms with Crippen molar-refractivity contribution in [2.75, 3.05) is 18.4 Å². The molecule has 1 atom stereocenters. The number of benzene rings is 1. The Morgan fingerprint density at radius 2 is 1.92 bits per heavy atom. The maximum atomic E-state index is 13.3. The minimum atomic E-state index is -0.899. The number of thiophene rings is 1. The van der Waals surface area contributed by atoms with Crippen LogP contribution in [0.5, 0.6) is 0 Å². The van der Waals surface area contributed by atoms with Crippen LogP contribution in [0.3, 0.4) is 0 Å². The largest absolute Gasteiger partial charge is 0.380 e. The van der Waals surface area contributed by atoms with Crippen LogP contribution >= 0.6 is 11.3 Å². The Labute approximate surface area is 148 Å².